The Morgan fingerprint density at radius 3 is 2.40 bits per heavy atom. The first-order chi connectivity index (χ1) is 12.0. The molecule has 2 atom stereocenters. The summed E-state index contributed by atoms with van der Waals surface area (Å²) < 4.78 is 11.1. The van der Waals surface area contributed by atoms with E-state index in [1.807, 2.05) is 63.2 Å². The fraction of sp³-hybridized carbons (Fsp3) is 0.381. The van der Waals surface area contributed by atoms with Gasteiger partial charge in [-0.1, -0.05) is 31.2 Å². The van der Waals surface area contributed by atoms with Crippen molar-refractivity contribution in [2.24, 2.45) is 0 Å². The Labute approximate surface area is 150 Å². The van der Waals surface area contributed by atoms with E-state index in [-0.39, 0.29) is 11.9 Å². The molecule has 25 heavy (non-hydrogen) atoms. The maximum Gasteiger partial charge on any atom is 0.261 e. The van der Waals surface area contributed by atoms with Crippen molar-refractivity contribution < 1.29 is 14.3 Å². The zero-order chi connectivity index (χ0) is 18.4. The van der Waals surface area contributed by atoms with Crippen molar-refractivity contribution >= 4 is 5.91 Å². The fourth-order valence-electron chi connectivity index (χ4n) is 2.64. The standard InChI is InChI=1S/C21H27NO3/c1-6-19(17-10-12-18(24-5)13-11-17)22-21(23)16(4)25-20-9-7-8-14(2)15(20)3/h7-13,16,19H,6H2,1-5H3,(H,22,23). The van der Waals surface area contributed by atoms with Gasteiger partial charge in [0.05, 0.1) is 13.2 Å². The number of aryl methyl sites for hydroxylation is 1. The lowest BCUT2D eigenvalue weighted by atomic mass is 10.0. The molecule has 1 amide bonds. The molecule has 0 fully saturated rings. The van der Waals surface area contributed by atoms with E-state index in [1.165, 1.54) is 0 Å². The summed E-state index contributed by atoms with van der Waals surface area (Å²) in [5.74, 6) is 1.43. The molecule has 4 nitrogen and oxygen atoms in total. The Balaban J connectivity index is 2.03. The van der Waals surface area contributed by atoms with Gasteiger partial charge >= 0.3 is 0 Å². The monoisotopic (exact) mass is 341 g/mol. The third-order valence-corrected chi connectivity index (χ3v) is 4.47. The number of benzene rings is 2. The van der Waals surface area contributed by atoms with Crippen LogP contribution in [-0.4, -0.2) is 19.1 Å². The molecule has 134 valence electrons. The molecule has 0 saturated carbocycles. The molecule has 0 heterocycles. The number of ether oxygens (including phenoxy) is 2. The highest BCUT2D eigenvalue weighted by Gasteiger charge is 2.20. The van der Waals surface area contributed by atoms with Gasteiger partial charge in [0.15, 0.2) is 6.10 Å². The molecule has 0 aromatic heterocycles. The predicted molar refractivity (Wildman–Crippen MR) is 100 cm³/mol. The van der Waals surface area contributed by atoms with Gasteiger partial charge in [0.25, 0.3) is 5.91 Å². The molecule has 2 rings (SSSR count). The predicted octanol–water partition coefficient (Wildman–Crippen LogP) is 4.35. The van der Waals surface area contributed by atoms with E-state index in [2.05, 4.69) is 5.32 Å². The van der Waals surface area contributed by atoms with Crippen molar-refractivity contribution in [2.45, 2.75) is 46.3 Å². The number of carbonyl (C=O) groups excluding carboxylic acids is 1. The number of methoxy groups -OCH3 is 1. The number of amides is 1. The summed E-state index contributed by atoms with van der Waals surface area (Å²) in [6, 6.07) is 13.6. The van der Waals surface area contributed by atoms with Crippen LogP contribution in [0, 0.1) is 13.8 Å². The van der Waals surface area contributed by atoms with Crippen LogP contribution < -0.4 is 14.8 Å². The second kappa shape index (κ2) is 8.56. The minimum Gasteiger partial charge on any atom is -0.497 e. The summed E-state index contributed by atoms with van der Waals surface area (Å²) in [4.78, 5) is 12.5. The first kappa shape index (κ1) is 18.8. The van der Waals surface area contributed by atoms with E-state index in [0.717, 1.165) is 34.6 Å². The third kappa shape index (κ3) is 4.75. The van der Waals surface area contributed by atoms with E-state index in [9.17, 15) is 4.79 Å². The SMILES string of the molecule is CCC(NC(=O)C(C)Oc1cccc(C)c1C)c1ccc(OC)cc1. The van der Waals surface area contributed by atoms with Crippen LogP contribution in [0.25, 0.3) is 0 Å². The van der Waals surface area contributed by atoms with Gasteiger partial charge in [-0.2, -0.15) is 0 Å². The van der Waals surface area contributed by atoms with Crippen molar-refractivity contribution in [2.75, 3.05) is 7.11 Å². The van der Waals surface area contributed by atoms with Crippen molar-refractivity contribution in [3.05, 3.63) is 59.2 Å². The zero-order valence-electron chi connectivity index (χ0n) is 15.6. The van der Waals surface area contributed by atoms with Crippen LogP contribution in [0.1, 0.15) is 43.0 Å². The molecule has 1 N–H and O–H groups in total. The molecule has 2 aromatic carbocycles. The Morgan fingerprint density at radius 2 is 1.80 bits per heavy atom. The van der Waals surface area contributed by atoms with Gasteiger partial charge in [-0.25, -0.2) is 0 Å². The summed E-state index contributed by atoms with van der Waals surface area (Å²) in [6.45, 7) is 7.86. The van der Waals surface area contributed by atoms with Crippen molar-refractivity contribution in [3.8, 4) is 11.5 Å². The first-order valence-electron chi connectivity index (χ1n) is 8.63. The van der Waals surface area contributed by atoms with Gasteiger partial charge in [0.2, 0.25) is 0 Å². The Hall–Kier alpha value is -2.49. The summed E-state index contributed by atoms with van der Waals surface area (Å²) >= 11 is 0. The van der Waals surface area contributed by atoms with Gasteiger partial charge in [0.1, 0.15) is 11.5 Å². The minimum atomic E-state index is -0.562. The summed E-state index contributed by atoms with van der Waals surface area (Å²) in [5.41, 5.74) is 3.26. The summed E-state index contributed by atoms with van der Waals surface area (Å²) in [5, 5.41) is 3.07. The van der Waals surface area contributed by atoms with Crippen LogP contribution in [-0.2, 0) is 4.79 Å². The molecule has 4 heteroatoms. The number of hydrogen-bond donors (Lipinski definition) is 1. The second-order valence-electron chi connectivity index (χ2n) is 6.20. The largest absolute Gasteiger partial charge is 0.497 e. The average Bonchev–Trinajstić information content (AvgIpc) is 2.63. The summed E-state index contributed by atoms with van der Waals surface area (Å²) in [6.07, 6.45) is 0.238. The quantitative estimate of drug-likeness (QED) is 0.814. The van der Waals surface area contributed by atoms with Crippen LogP contribution in [0.2, 0.25) is 0 Å². The van der Waals surface area contributed by atoms with Crippen LogP contribution in [0.3, 0.4) is 0 Å². The lowest BCUT2D eigenvalue weighted by Gasteiger charge is -2.22. The van der Waals surface area contributed by atoms with Gasteiger partial charge < -0.3 is 14.8 Å². The first-order valence-corrected chi connectivity index (χ1v) is 8.63. The lowest BCUT2D eigenvalue weighted by Crippen LogP contribution is -2.38. The van der Waals surface area contributed by atoms with Crippen LogP contribution in [0.5, 0.6) is 11.5 Å². The maximum atomic E-state index is 12.5. The van der Waals surface area contributed by atoms with E-state index >= 15 is 0 Å². The van der Waals surface area contributed by atoms with Gasteiger partial charge in [-0.15, -0.1) is 0 Å². The van der Waals surface area contributed by atoms with E-state index in [4.69, 9.17) is 9.47 Å². The Morgan fingerprint density at radius 1 is 1.12 bits per heavy atom. The molecule has 2 aromatic rings. The molecular weight excluding hydrogens is 314 g/mol. The van der Waals surface area contributed by atoms with Crippen LogP contribution in [0.4, 0.5) is 0 Å². The third-order valence-electron chi connectivity index (χ3n) is 4.47. The van der Waals surface area contributed by atoms with Crippen molar-refractivity contribution in [3.63, 3.8) is 0 Å². The smallest absolute Gasteiger partial charge is 0.261 e. The topological polar surface area (TPSA) is 47.6 Å². The molecule has 0 aliphatic carbocycles. The lowest BCUT2D eigenvalue weighted by molar-refractivity contribution is -0.128. The number of rotatable bonds is 7. The van der Waals surface area contributed by atoms with Gasteiger partial charge in [-0.3, -0.25) is 4.79 Å². The molecule has 0 bridgehead atoms. The molecule has 0 aliphatic rings. The molecule has 0 saturated heterocycles. The average molecular weight is 341 g/mol. The second-order valence-corrected chi connectivity index (χ2v) is 6.20. The summed E-state index contributed by atoms with van der Waals surface area (Å²) in [7, 11) is 1.64. The van der Waals surface area contributed by atoms with E-state index < -0.39 is 6.10 Å². The molecule has 0 radical (unpaired) electrons. The zero-order valence-corrected chi connectivity index (χ0v) is 15.6. The highest BCUT2D eigenvalue weighted by Crippen LogP contribution is 2.23. The molecular formula is C21H27NO3. The van der Waals surface area contributed by atoms with Crippen LogP contribution in [0.15, 0.2) is 42.5 Å². The van der Waals surface area contributed by atoms with E-state index in [1.54, 1.807) is 14.0 Å². The van der Waals surface area contributed by atoms with Gasteiger partial charge in [0, 0.05) is 0 Å². The Bertz CT molecular complexity index is 710. The number of hydrogen-bond acceptors (Lipinski definition) is 3. The normalized spacial score (nSPS) is 13.0. The number of carbonyl (C=O) groups is 1. The fourth-order valence-corrected chi connectivity index (χ4v) is 2.64. The van der Waals surface area contributed by atoms with Crippen molar-refractivity contribution in [1.29, 1.82) is 0 Å². The van der Waals surface area contributed by atoms with Gasteiger partial charge in [-0.05, 0) is 62.1 Å². The molecule has 0 aliphatic heterocycles. The van der Waals surface area contributed by atoms with Crippen LogP contribution >= 0.6 is 0 Å². The molecule has 0 spiro atoms. The molecule has 2 unspecified atom stereocenters. The highest BCUT2D eigenvalue weighted by atomic mass is 16.5. The number of nitrogens with one attached hydrogen (secondary N) is 1. The Kier molecular flexibility index (Phi) is 6.45. The highest BCUT2D eigenvalue weighted by molar-refractivity contribution is 5.81. The van der Waals surface area contributed by atoms with E-state index in [0.29, 0.717) is 0 Å². The van der Waals surface area contributed by atoms with Crippen molar-refractivity contribution in [1.82, 2.24) is 5.32 Å². The maximum absolute atomic E-state index is 12.5. The minimum absolute atomic E-state index is 0.0527.